The Balaban J connectivity index is 2.23. The molecule has 2 rings (SSSR count). The topological polar surface area (TPSA) is 21.3 Å². The number of para-hydroxylation sites is 1. The Morgan fingerprint density at radius 2 is 1.95 bits per heavy atom. The molecule has 0 aliphatic heterocycles. The molecule has 0 radical (unpaired) electrons. The molecule has 0 bridgehead atoms. The lowest BCUT2D eigenvalue weighted by atomic mass is 10.2. The minimum absolute atomic E-state index is 0.817. The van der Waals surface area contributed by atoms with Crippen LogP contribution in [0.4, 0.5) is 0 Å². The summed E-state index contributed by atoms with van der Waals surface area (Å²) in [7, 11) is 0. The number of halogens is 1. The van der Waals surface area contributed by atoms with Crippen LogP contribution >= 0.6 is 27.7 Å². The average molecular weight is 366 g/mol. The fourth-order valence-electron chi connectivity index (χ4n) is 1.99. The van der Waals surface area contributed by atoms with E-state index < -0.39 is 0 Å². The van der Waals surface area contributed by atoms with Crippen molar-refractivity contribution < 1.29 is 4.74 Å². The van der Waals surface area contributed by atoms with Crippen molar-refractivity contribution in [2.75, 3.05) is 12.8 Å². The highest BCUT2D eigenvalue weighted by Gasteiger charge is 2.08. The van der Waals surface area contributed by atoms with E-state index in [0.717, 1.165) is 40.4 Å². The number of nitrogens with one attached hydrogen (secondary N) is 1. The van der Waals surface area contributed by atoms with Gasteiger partial charge in [-0.05, 0) is 43.5 Å². The lowest BCUT2D eigenvalue weighted by molar-refractivity contribution is 0.461. The lowest BCUT2D eigenvalue weighted by Gasteiger charge is -2.14. The zero-order chi connectivity index (χ0) is 15.1. The van der Waals surface area contributed by atoms with E-state index in [9.17, 15) is 0 Å². The summed E-state index contributed by atoms with van der Waals surface area (Å²) in [6, 6.07) is 14.3. The molecule has 112 valence electrons. The quantitative estimate of drug-likeness (QED) is 0.519. The smallest absolute Gasteiger partial charge is 0.140 e. The van der Waals surface area contributed by atoms with Gasteiger partial charge in [-0.2, -0.15) is 0 Å². The Bertz CT molecular complexity index is 589. The Labute approximate surface area is 139 Å². The number of thioether (sulfide) groups is 1. The Morgan fingerprint density at radius 1 is 1.14 bits per heavy atom. The second-order valence-electron chi connectivity index (χ2n) is 4.68. The third-order valence-electron chi connectivity index (χ3n) is 3.06. The molecule has 21 heavy (non-hydrogen) atoms. The largest absolute Gasteiger partial charge is 0.456 e. The number of hydrogen-bond acceptors (Lipinski definition) is 3. The molecular formula is C17H20BrNOS. The molecule has 0 amide bonds. The molecule has 0 aromatic heterocycles. The van der Waals surface area contributed by atoms with Crippen LogP contribution < -0.4 is 10.1 Å². The first kappa shape index (κ1) is 16.4. The third-order valence-corrected chi connectivity index (χ3v) is 4.33. The van der Waals surface area contributed by atoms with Crippen LogP contribution in [0.1, 0.15) is 18.9 Å². The van der Waals surface area contributed by atoms with Gasteiger partial charge in [-0.15, -0.1) is 11.8 Å². The van der Waals surface area contributed by atoms with Crippen LogP contribution in [0.5, 0.6) is 11.5 Å². The maximum absolute atomic E-state index is 6.15. The van der Waals surface area contributed by atoms with E-state index in [4.69, 9.17) is 4.74 Å². The van der Waals surface area contributed by atoms with Gasteiger partial charge in [-0.3, -0.25) is 0 Å². The zero-order valence-corrected chi connectivity index (χ0v) is 14.8. The van der Waals surface area contributed by atoms with Crippen LogP contribution in [-0.2, 0) is 6.54 Å². The van der Waals surface area contributed by atoms with Gasteiger partial charge in [0.05, 0.1) is 0 Å². The fraction of sp³-hybridized carbons (Fsp3) is 0.294. The lowest BCUT2D eigenvalue weighted by Crippen LogP contribution is -2.14. The molecule has 0 aliphatic carbocycles. The first-order valence-electron chi connectivity index (χ1n) is 7.04. The van der Waals surface area contributed by atoms with Gasteiger partial charge in [0, 0.05) is 21.5 Å². The van der Waals surface area contributed by atoms with Crippen LogP contribution in [0, 0.1) is 0 Å². The zero-order valence-electron chi connectivity index (χ0n) is 12.4. The third kappa shape index (κ3) is 4.77. The van der Waals surface area contributed by atoms with E-state index in [0.29, 0.717) is 0 Å². The summed E-state index contributed by atoms with van der Waals surface area (Å²) in [5.41, 5.74) is 1.17. The maximum Gasteiger partial charge on any atom is 0.140 e. The van der Waals surface area contributed by atoms with Gasteiger partial charge in [0.15, 0.2) is 0 Å². The predicted octanol–water partition coefficient (Wildman–Crippen LogP) is 5.46. The standard InChI is InChI=1S/C17H20BrNOS/c1-3-10-19-12-13-8-9-14(18)11-16(13)20-15-6-4-5-7-17(15)21-2/h4-9,11,19H,3,10,12H2,1-2H3. The van der Waals surface area contributed by atoms with Gasteiger partial charge < -0.3 is 10.1 Å². The molecular weight excluding hydrogens is 346 g/mol. The van der Waals surface area contributed by atoms with Crippen LogP contribution in [-0.4, -0.2) is 12.8 Å². The minimum atomic E-state index is 0.817. The SMILES string of the molecule is CCCNCc1ccc(Br)cc1Oc1ccccc1SC. The van der Waals surface area contributed by atoms with Crippen molar-refractivity contribution >= 4 is 27.7 Å². The van der Waals surface area contributed by atoms with Gasteiger partial charge in [-0.25, -0.2) is 0 Å². The van der Waals surface area contributed by atoms with Crippen molar-refractivity contribution in [3.05, 3.63) is 52.5 Å². The first-order chi connectivity index (χ1) is 10.2. The van der Waals surface area contributed by atoms with Gasteiger partial charge >= 0.3 is 0 Å². The summed E-state index contributed by atoms with van der Waals surface area (Å²) in [5, 5.41) is 3.43. The van der Waals surface area contributed by atoms with Crippen molar-refractivity contribution in [1.29, 1.82) is 0 Å². The van der Waals surface area contributed by atoms with Crippen molar-refractivity contribution in [2.24, 2.45) is 0 Å². The van der Waals surface area contributed by atoms with Crippen LogP contribution in [0.2, 0.25) is 0 Å². The summed E-state index contributed by atoms with van der Waals surface area (Å²) < 4.78 is 7.18. The molecule has 2 nitrogen and oxygen atoms in total. The van der Waals surface area contributed by atoms with Crippen molar-refractivity contribution in [3.63, 3.8) is 0 Å². The van der Waals surface area contributed by atoms with Crippen molar-refractivity contribution in [1.82, 2.24) is 5.32 Å². The summed E-state index contributed by atoms with van der Waals surface area (Å²) in [5.74, 6) is 1.80. The van der Waals surface area contributed by atoms with E-state index >= 15 is 0 Å². The number of ether oxygens (including phenoxy) is 1. The molecule has 0 atom stereocenters. The van der Waals surface area contributed by atoms with Crippen molar-refractivity contribution in [3.8, 4) is 11.5 Å². The van der Waals surface area contributed by atoms with E-state index in [2.05, 4.69) is 52.6 Å². The van der Waals surface area contributed by atoms with E-state index in [1.165, 1.54) is 5.56 Å². The second kappa shape index (κ2) is 8.47. The molecule has 2 aromatic carbocycles. The highest BCUT2D eigenvalue weighted by molar-refractivity contribution is 9.10. The highest BCUT2D eigenvalue weighted by atomic mass is 79.9. The Kier molecular flexibility index (Phi) is 6.61. The van der Waals surface area contributed by atoms with Gasteiger partial charge in [-0.1, -0.05) is 41.1 Å². The molecule has 0 unspecified atom stereocenters. The number of benzene rings is 2. The molecule has 0 saturated heterocycles. The predicted molar refractivity (Wildman–Crippen MR) is 94.4 cm³/mol. The first-order valence-corrected chi connectivity index (χ1v) is 9.06. The monoisotopic (exact) mass is 365 g/mol. The van der Waals surface area contributed by atoms with E-state index in [-0.39, 0.29) is 0 Å². The molecule has 0 saturated carbocycles. The summed E-state index contributed by atoms with van der Waals surface area (Å²) in [4.78, 5) is 1.14. The molecule has 1 N–H and O–H groups in total. The normalized spacial score (nSPS) is 10.6. The van der Waals surface area contributed by atoms with Gasteiger partial charge in [0.1, 0.15) is 11.5 Å². The summed E-state index contributed by atoms with van der Waals surface area (Å²) in [6.07, 6.45) is 3.19. The highest BCUT2D eigenvalue weighted by Crippen LogP contribution is 2.34. The molecule has 2 aromatic rings. The summed E-state index contributed by atoms with van der Waals surface area (Å²) >= 11 is 5.22. The van der Waals surface area contributed by atoms with Crippen LogP contribution in [0.15, 0.2) is 51.8 Å². The number of rotatable bonds is 7. The summed E-state index contributed by atoms with van der Waals surface area (Å²) in [6.45, 7) is 4.00. The fourth-order valence-corrected chi connectivity index (χ4v) is 2.86. The molecule has 4 heteroatoms. The molecule has 0 heterocycles. The van der Waals surface area contributed by atoms with Crippen LogP contribution in [0.25, 0.3) is 0 Å². The maximum atomic E-state index is 6.15. The number of hydrogen-bond donors (Lipinski definition) is 1. The molecule has 0 fully saturated rings. The second-order valence-corrected chi connectivity index (χ2v) is 6.45. The van der Waals surface area contributed by atoms with E-state index in [1.54, 1.807) is 11.8 Å². The van der Waals surface area contributed by atoms with Crippen LogP contribution in [0.3, 0.4) is 0 Å². The minimum Gasteiger partial charge on any atom is -0.456 e. The van der Waals surface area contributed by atoms with Gasteiger partial charge in [0.25, 0.3) is 0 Å². The van der Waals surface area contributed by atoms with Crippen molar-refractivity contribution in [2.45, 2.75) is 24.8 Å². The Hall–Kier alpha value is -0.970. The molecule has 0 aliphatic rings. The van der Waals surface area contributed by atoms with E-state index in [1.807, 2.05) is 24.3 Å². The Morgan fingerprint density at radius 3 is 2.71 bits per heavy atom. The molecule has 0 spiro atoms. The average Bonchev–Trinajstić information content (AvgIpc) is 2.50. The van der Waals surface area contributed by atoms with Gasteiger partial charge in [0.2, 0.25) is 0 Å².